The minimum atomic E-state index is -3.62. The summed E-state index contributed by atoms with van der Waals surface area (Å²) in [7, 11) is -3.62. The van der Waals surface area contributed by atoms with Crippen LogP contribution in [0, 0.1) is 0 Å². The number of likely N-dealkylation sites (tertiary alicyclic amines) is 1. The van der Waals surface area contributed by atoms with E-state index in [9.17, 15) is 13.2 Å². The Hall–Kier alpha value is -1.41. The number of sulfonamides is 1. The van der Waals surface area contributed by atoms with E-state index in [2.05, 4.69) is 10.2 Å². The van der Waals surface area contributed by atoms with E-state index >= 15 is 0 Å². The van der Waals surface area contributed by atoms with Crippen molar-refractivity contribution in [1.29, 1.82) is 0 Å². The number of hydrogen-bond acceptors (Lipinski definition) is 4. The molecule has 7 nitrogen and oxygen atoms in total. The van der Waals surface area contributed by atoms with Crippen LogP contribution in [0.5, 0.6) is 0 Å². The fourth-order valence-corrected chi connectivity index (χ4v) is 2.61. The molecular formula is C9H14N4O3S. The molecule has 2 heterocycles. The highest BCUT2D eigenvalue weighted by atomic mass is 32.2. The number of H-pyrrole nitrogens is 1. The van der Waals surface area contributed by atoms with Crippen LogP contribution in [0.15, 0.2) is 12.4 Å². The van der Waals surface area contributed by atoms with Gasteiger partial charge in [-0.3, -0.25) is 9.89 Å². The Bertz CT molecular complexity index is 496. The van der Waals surface area contributed by atoms with Gasteiger partial charge in [-0.25, -0.2) is 13.6 Å². The van der Waals surface area contributed by atoms with Crippen LogP contribution in [0.4, 0.5) is 0 Å². The summed E-state index contributed by atoms with van der Waals surface area (Å²) in [5.41, 5.74) is 0.983. The number of primary sulfonamides is 1. The van der Waals surface area contributed by atoms with Gasteiger partial charge in [0.1, 0.15) is 5.25 Å². The van der Waals surface area contributed by atoms with Gasteiger partial charge in [0, 0.05) is 25.7 Å². The van der Waals surface area contributed by atoms with Gasteiger partial charge in [0.05, 0.1) is 6.20 Å². The van der Waals surface area contributed by atoms with E-state index in [0.717, 1.165) is 5.56 Å². The fraction of sp³-hybridized carbons (Fsp3) is 0.556. The van der Waals surface area contributed by atoms with Crippen LogP contribution in [0.25, 0.3) is 0 Å². The zero-order chi connectivity index (χ0) is 12.5. The molecule has 17 heavy (non-hydrogen) atoms. The summed E-state index contributed by atoms with van der Waals surface area (Å²) in [6.45, 7) is 0.680. The van der Waals surface area contributed by atoms with Crippen LogP contribution >= 0.6 is 0 Å². The third kappa shape index (κ3) is 2.83. The zero-order valence-corrected chi connectivity index (χ0v) is 9.98. The second-order valence-electron chi connectivity index (χ2n) is 4.11. The van der Waals surface area contributed by atoms with Gasteiger partial charge in [-0.05, 0) is 12.0 Å². The predicted molar refractivity (Wildman–Crippen MR) is 60.4 cm³/mol. The summed E-state index contributed by atoms with van der Waals surface area (Å²) in [6, 6.07) is 0. The molecule has 1 unspecified atom stereocenters. The lowest BCUT2D eigenvalue weighted by atomic mass is 10.2. The Morgan fingerprint density at radius 2 is 2.35 bits per heavy atom. The van der Waals surface area contributed by atoms with Gasteiger partial charge in [-0.1, -0.05) is 0 Å². The van der Waals surface area contributed by atoms with E-state index < -0.39 is 15.3 Å². The Morgan fingerprint density at radius 1 is 1.59 bits per heavy atom. The van der Waals surface area contributed by atoms with Crippen LogP contribution in [0.3, 0.4) is 0 Å². The molecule has 1 saturated heterocycles. The predicted octanol–water partition coefficient (Wildman–Crippen LogP) is -1.16. The molecule has 1 aromatic rings. The number of nitrogens with one attached hydrogen (secondary N) is 1. The number of nitrogens with zero attached hydrogens (tertiary/aromatic N) is 2. The number of carbonyl (C=O) groups is 1. The quantitative estimate of drug-likeness (QED) is 0.710. The highest BCUT2D eigenvalue weighted by Crippen LogP contribution is 2.16. The summed E-state index contributed by atoms with van der Waals surface area (Å²) >= 11 is 0. The van der Waals surface area contributed by atoms with E-state index in [4.69, 9.17) is 5.14 Å². The van der Waals surface area contributed by atoms with E-state index in [1.54, 1.807) is 12.4 Å². The number of aromatic amines is 1. The molecular weight excluding hydrogens is 244 g/mol. The molecule has 1 aromatic heterocycles. The van der Waals surface area contributed by atoms with Gasteiger partial charge in [0.2, 0.25) is 15.9 Å². The lowest BCUT2D eigenvalue weighted by Gasteiger charge is -2.15. The van der Waals surface area contributed by atoms with Crippen LogP contribution in [-0.2, 0) is 21.2 Å². The number of aromatic nitrogens is 2. The Balaban J connectivity index is 1.93. The molecule has 94 valence electrons. The van der Waals surface area contributed by atoms with Gasteiger partial charge in [0.25, 0.3) is 0 Å². The largest absolute Gasteiger partial charge is 0.341 e. The zero-order valence-electron chi connectivity index (χ0n) is 9.17. The summed E-state index contributed by atoms with van der Waals surface area (Å²) in [4.78, 5) is 13.1. The molecule has 0 aromatic carbocycles. The highest BCUT2D eigenvalue weighted by Gasteiger charge is 2.35. The Labute approximate surface area is 99.0 Å². The second kappa shape index (κ2) is 4.46. The van der Waals surface area contributed by atoms with Crippen molar-refractivity contribution in [3.05, 3.63) is 18.0 Å². The van der Waals surface area contributed by atoms with Crippen LogP contribution in [-0.4, -0.2) is 47.8 Å². The third-order valence-corrected chi connectivity index (χ3v) is 4.11. The third-order valence-electron chi connectivity index (χ3n) is 2.87. The van der Waals surface area contributed by atoms with Gasteiger partial charge < -0.3 is 4.90 Å². The van der Waals surface area contributed by atoms with Crippen LogP contribution in [0.2, 0.25) is 0 Å². The normalized spacial score (nSPS) is 21.1. The average Bonchev–Trinajstić information content (AvgIpc) is 2.83. The molecule has 0 spiro atoms. The molecule has 0 bridgehead atoms. The van der Waals surface area contributed by atoms with Crippen LogP contribution in [0.1, 0.15) is 12.0 Å². The van der Waals surface area contributed by atoms with Crippen LogP contribution < -0.4 is 5.14 Å². The Kier molecular flexibility index (Phi) is 3.16. The number of amides is 1. The summed E-state index contributed by atoms with van der Waals surface area (Å²) in [5.74, 6) is -0.160. The van der Waals surface area contributed by atoms with Crippen molar-refractivity contribution in [3.8, 4) is 0 Å². The van der Waals surface area contributed by atoms with Gasteiger partial charge in [-0.15, -0.1) is 0 Å². The first-order valence-electron chi connectivity index (χ1n) is 5.24. The average molecular weight is 258 g/mol. The van der Waals surface area contributed by atoms with Gasteiger partial charge >= 0.3 is 0 Å². The van der Waals surface area contributed by atoms with Gasteiger partial charge in [-0.2, -0.15) is 5.10 Å². The second-order valence-corrected chi connectivity index (χ2v) is 5.96. The molecule has 8 heteroatoms. The maximum atomic E-state index is 11.6. The molecule has 0 radical (unpaired) electrons. The molecule has 0 aliphatic carbocycles. The summed E-state index contributed by atoms with van der Waals surface area (Å²) in [6.07, 6.45) is 4.07. The van der Waals surface area contributed by atoms with E-state index in [1.807, 2.05) is 0 Å². The smallest absolute Gasteiger partial charge is 0.224 e. The first-order chi connectivity index (χ1) is 7.97. The monoisotopic (exact) mass is 258 g/mol. The van der Waals surface area contributed by atoms with Crippen molar-refractivity contribution >= 4 is 15.9 Å². The number of rotatable bonds is 4. The molecule has 2 rings (SSSR count). The summed E-state index contributed by atoms with van der Waals surface area (Å²) < 4.78 is 22.3. The lowest BCUT2D eigenvalue weighted by Crippen LogP contribution is -2.33. The minimum Gasteiger partial charge on any atom is -0.341 e. The lowest BCUT2D eigenvalue weighted by molar-refractivity contribution is -0.127. The number of nitrogens with two attached hydrogens (primary N) is 1. The van der Waals surface area contributed by atoms with Crippen molar-refractivity contribution in [3.63, 3.8) is 0 Å². The molecule has 1 aliphatic heterocycles. The summed E-state index contributed by atoms with van der Waals surface area (Å²) in [5, 5.41) is 10.7. The maximum Gasteiger partial charge on any atom is 0.224 e. The van der Waals surface area contributed by atoms with Crippen molar-refractivity contribution in [2.24, 2.45) is 5.14 Å². The number of carbonyl (C=O) groups excluding carboxylic acids is 1. The van der Waals surface area contributed by atoms with Crippen molar-refractivity contribution in [2.75, 3.05) is 13.1 Å². The standard InChI is InChI=1S/C9H14N4O3S/c10-17(15,16)8-3-9(14)13(6-8)2-1-7-4-11-12-5-7/h4-5,8H,1-3,6H2,(H,11,12)(H2,10,15,16). The molecule has 1 atom stereocenters. The number of hydrogen-bond donors (Lipinski definition) is 2. The SMILES string of the molecule is NS(=O)(=O)C1CC(=O)N(CCc2cn[nH]c2)C1. The fourth-order valence-electron chi connectivity index (χ4n) is 1.85. The Morgan fingerprint density at radius 3 is 2.88 bits per heavy atom. The first-order valence-corrected chi connectivity index (χ1v) is 6.85. The van der Waals surface area contributed by atoms with Crippen molar-refractivity contribution in [2.45, 2.75) is 18.1 Å². The van der Waals surface area contributed by atoms with E-state index in [-0.39, 0.29) is 18.9 Å². The van der Waals surface area contributed by atoms with E-state index in [0.29, 0.717) is 13.0 Å². The molecule has 0 saturated carbocycles. The molecule has 1 fully saturated rings. The van der Waals surface area contributed by atoms with Gasteiger partial charge in [0.15, 0.2) is 0 Å². The molecule has 1 amide bonds. The highest BCUT2D eigenvalue weighted by molar-refractivity contribution is 7.89. The maximum absolute atomic E-state index is 11.6. The van der Waals surface area contributed by atoms with Crippen molar-refractivity contribution in [1.82, 2.24) is 15.1 Å². The van der Waals surface area contributed by atoms with E-state index in [1.165, 1.54) is 4.90 Å². The topological polar surface area (TPSA) is 109 Å². The molecule has 3 N–H and O–H groups in total. The first kappa shape index (κ1) is 12.1. The minimum absolute atomic E-state index is 0.00970. The van der Waals surface area contributed by atoms with Crippen molar-refractivity contribution < 1.29 is 13.2 Å². The molecule has 1 aliphatic rings.